The van der Waals surface area contributed by atoms with Crippen LogP contribution in [-0.2, 0) is 0 Å². The second-order valence-corrected chi connectivity index (χ2v) is 3.15. The molecule has 0 saturated heterocycles. The molecule has 0 saturated carbocycles. The highest BCUT2D eigenvalue weighted by atomic mass is 16.6. The summed E-state index contributed by atoms with van der Waals surface area (Å²) in [5.74, 6) is 0. The van der Waals surface area contributed by atoms with E-state index < -0.39 is 10.5 Å². The average molecular weight is 205 g/mol. The minimum absolute atomic E-state index is 0.0638. The number of hydrogen-bond acceptors (Lipinski definition) is 4. The van der Waals surface area contributed by atoms with Crippen molar-refractivity contribution in [1.29, 1.82) is 0 Å². The first-order chi connectivity index (χ1) is 7.11. The molecule has 6 heteroatoms. The number of fused-ring (bicyclic) bond motifs is 1. The number of aromatic nitrogens is 2. The Hall–Kier alpha value is -2.24. The van der Waals surface area contributed by atoms with Crippen LogP contribution in [0, 0.1) is 17.0 Å². The Labute approximate surface area is 83.7 Å². The van der Waals surface area contributed by atoms with E-state index in [0.29, 0.717) is 5.56 Å². The van der Waals surface area contributed by atoms with Crippen LogP contribution in [0.3, 0.4) is 0 Å². The summed E-state index contributed by atoms with van der Waals surface area (Å²) in [6, 6.07) is 3.11. The Morgan fingerprint density at radius 2 is 2.13 bits per heavy atom. The van der Waals surface area contributed by atoms with Crippen molar-refractivity contribution in [3.63, 3.8) is 0 Å². The van der Waals surface area contributed by atoms with Gasteiger partial charge in [-0.1, -0.05) is 6.07 Å². The molecule has 0 bridgehead atoms. The van der Waals surface area contributed by atoms with E-state index in [-0.39, 0.29) is 16.5 Å². The molecule has 1 N–H and O–H groups in total. The van der Waals surface area contributed by atoms with Crippen molar-refractivity contribution >= 4 is 16.5 Å². The van der Waals surface area contributed by atoms with Crippen LogP contribution in [-0.4, -0.2) is 15.1 Å². The lowest BCUT2D eigenvalue weighted by Crippen LogP contribution is -2.08. The van der Waals surface area contributed by atoms with E-state index in [9.17, 15) is 14.9 Å². The van der Waals surface area contributed by atoms with Gasteiger partial charge in [0, 0.05) is 5.56 Å². The van der Waals surface area contributed by atoms with Gasteiger partial charge in [-0.3, -0.25) is 14.9 Å². The first-order valence-corrected chi connectivity index (χ1v) is 4.22. The second-order valence-electron chi connectivity index (χ2n) is 3.15. The molecule has 0 unspecified atom stereocenters. The maximum absolute atomic E-state index is 11.3. The summed E-state index contributed by atoms with van der Waals surface area (Å²) in [5.41, 5.74) is 0.0293. The van der Waals surface area contributed by atoms with Crippen LogP contribution in [0.5, 0.6) is 0 Å². The normalized spacial score (nSPS) is 10.5. The fourth-order valence-electron chi connectivity index (χ4n) is 1.50. The maximum Gasteiger partial charge on any atom is 0.281 e. The van der Waals surface area contributed by atoms with E-state index in [0.717, 1.165) is 0 Å². The Bertz CT molecular complexity index is 603. The predicted molar refractivity (Wildman–Crippen MR) is 53.8 cm³/mol. The number of nitrogens with one attached hydrogen (secondary N) is 1. The summed E-state index contributed by atoms with van der Waals surface area (Å²) in [5, 5.41) is 17.1. The van der Waals surface area contributed by atoms with E-state index in [1.165, 1.54) is 6.20 Å². The van der Waals surface area contributed by atoms with Gasteiger partial charge in [-0.05, 0) is 13.0 Å². The SMILES string of the molecule is Cc1ccc2c(=O)[nH]ncc2c1[N+](=O)[O-]. The summed E-state index contributed by atoms with van der Waals surface area (Å²) < 4.78 is 0. The zero-order chi connectivity index (χ0) is 11.0. The van der Waals surface area contributed by atoms with Crippen molar-refractivity contribution in [3.05, 3.63) is 44.4 Å². The number of rotatable bonds is 1. The van der Waals surface area contributed by atoms with Gasteiger partial charge in [0.15, 0.2) is 0 Å². The van der Waals surface area contributed by atoms with Crippen LogP contribution in [0.15, 0.2) is 23.1 Å². The van der Waals surface area contributed by atoms with Gasteiger partial charge >= 0.3 is 0 Å². The number of benzene rings is 1. The lowest BCUT2D eigenvalue weighted by molar-refractivity contribution is -0.383. The lowest BCUT2D eigenvalue weighted by atomic mass is 10.1. The summed E-state index contributed by atoms with van der Waals surface area (Å²) >= 11 is 0. The van der Waals surface area contributed by atoms with Gasteiger partial charge in [0.2, 0.25) is 0 Å². The van der Waals surface area contributed by atoms with Gasteiger partial charge in [0.1, 0.15) is 0 Å². The first kappa shape index (κ1) is 9.32. The topological polar surface area (TPSA) is 88.9 Å². The van der Waals surface area contributed by atoms with E-state index in [4.69, 9.17) is 0 Å². The van der Waals surface area contributed by atoms with Crippen molar-refractivity contribution in [2.24, 2.45) is 0 Å². The van der Waals surface area contributed by atoms with E-state index in [2.05, 4.69) is 10.2 Å². The third-order valence-electron chi connectivity index (χ3n) is 2.21. The first-order valence-electron chi connectivity index (χ1n) is 4.22. The minimum atomic E-state index is -0.501. The highest BCUT2D eigenvalue weighted by Crippen LogP contribution is 2.26. The summed E-state index contributed by atoms with van der Waals surface area (Å²) in [6.45, 7) is 1.62. The molecule has 0 aliphatic heterocycles. The van der Waals surface area contributed by atoms with Gasteiger partial charge in [0.05, 0.1) is 21.9 Å². The summed E-state index contributed by atoms with van der Waals surface area (Å²) in [4.78, 5) is 21.6. The van der Waals surface area contributed by atoms with Crippen LogP contribution in [0.4, 0.5) is 5.69 Å². The highest BCUT2D eigenvalue weighted by Gasteiger charge is 2.16. The molecule has 0 aliphatic rings. The molecule has 0 atom stereocenters. The monoisotopic (exact) mass is 205 g/mol. The minimum Gasteiger partial charge on any atom is -0.267 e. The molecule has 6 nitrogen and oxygen atoms in total. The highest BCUT2D eigenvalue weighted by molar-refractivity contribution is 5.90. The smallest absolute Gasteiger partial charge is 0.267 e. The Kier molecular flexibility index (Phi) is 1.96. The van der Waals surface area contributed by atoms with Crippen LogP contribution in [0.25, 0.3) is 10.8 Å². The molecule has 1 aromatic carbocycles. The van der Waals surface area contributed by atoms with Crippen LogP contribution in [0.2, 0.25) is 0 Å². The Balaban J connectivity index is 3.01. The molecule has 2 aromatic rings. The van der Waals surface area contributed by atoms with E-state index >= 15 is 0 Å². The number of H-pyrrole nitrogens is 1. The molecule has 0 amide bonds. The Morgan fingerprint density at radius 1 is 1.40 bits per heavy atom. The number of nitro benzene ring substituents is 1. The van der Waals surface area contributed by atoms with Crippen molar-refractivity contribution < 1.29 is 4.92 Å². The van der Waals surface area contributed by atoms with Crippen molar-refractivity contribution in [1.82, 2.24) is 10.2 Å². The van der Waals surface area contributed by atoms with Crippen LogP contribution >= 0.6 is 0 Å². The van der Waals surface area contributed by atoms with Gasteiger partial charge < -0.3 is 0 Å². The molecule has 2 rings (SSSR count). The molecule has 1 heterocycles. The van der Waals surface area contributed by atoms with Crippen LogP contribution in [0.1, 0.15) is 5.56 Å². The molecule has 76 valence electrons. The van der Waals surface area contributed by atoms with Gasteiger partial charge in [-0.25, -0.2) is 5.10 Å². The number of nitro groups is 1. The van der Waals surface area contributed by atoms with Crippen molar-refractivity contribution in [3.8, 4) is 0 Å². The van der Waals surface area contributed by atoms with Crippen LogP contribution < -0.4 is 5.56 Å². The fraction of sp³-hybridized carbons (Fsp3) is 0.111. The third-order valence-corrected chi connectivity index (χ3v) is 2.21. The molecule has 0 fully saturated rings. The number of nitrogens with zero attached hydrogens (tertiary/aromatic N) is 2. The van der Waals surface area contributed by atoms with Gasteiger partial charge in [0.25, 0.3) is 11.2 Å². The molecule has 0 spiro atoms. The summed E-state index contributed by atoms with van der Waals surface area (Å²) in [6.07, 6.45) is 1.29. The van der Waals surface area contributed by atoms with E-state index in [1.54, 1.807) is 19.1 Å². The van der Waals surface area contributed by atoms with E-state index in [1.807, 2.05) is 0 Å². The van der Waals surface area contributed by atoms with Gasteiger partial charge in [-0.15, -0.1) is 0 Å². The Morgan fingerprint density at radius 3 is 2.80 bits per heavy atom. The largest absolute Gasteiger partial charge is 0.281 e. The standard InChI is InChI=1S/C9H7N3O3/c1-5-2-3-6-7(8(5)12(14)15)4-10-11-9(6)13/h2-4H,1H3,(H,11,13). The molecular formula is C9H7N3O3. The third kappa shape index (κ3) is 1.35. The quantitative estimate of drug-likeness (QED) is 0.558. The van der Waals surface area contributed by atoms with Gasteiger partial charge in [-0.2, -0.15) is 5.10 Å². The zero-order valence-corrected chi connectivity index (χ0v) is 7.85. The fourth-order valence-corrected chi connectivity index (χ4v) is 1.50. The maximum atomic E-state index is 11.3. The molecule has 0 aliphatic carbocycles. The molecule has 15 heavy (non-hydrogen) atoms. The van der Waals surface area contributed by atoms with Crippen molar-refractivity contribution in [2.75, 3.05) is 0 Å². The number of hydrogen-bond donors (Lipinski definition) is 1. The molecule has 0 radical (unpaired) electrons. The summed E-state index contributed by atoms with van der Waals surface area (Å²) in [7, 11) is 0. The number of aromatic amines is 1. The molecular weight excluding hydrogens is 198 g/mol. The number of aryl methyl sites for hydroxylation is 1. The second kappa shape index (κ2) is 3.16. The predicted octanol–water partition coefficient (Wildman–Crippen LogP) is 1.14. The zero-order valence-electron chi connectivity index (χ0n) is 7.85. The average Bonchev–Trinajstić information content (AvgIpc) is 2.17. The molecule has 1 aromatic heterocycles. The lowest BCUT2D eigenvalue weighted by Gasteiger charge is -2.00. The van der Waals surface area contributed by atoms with Crippen molar-refractivity contribution in [2.45, 2.75) is 6.92 Å².